The van der Waals surface area contributed by atoms with Crippen molar-refractivity contribution in [2.24, 2.45) is 5.92 Å². The van der Waals surface area contributed by atoms with Crippen LogP contribution in [-0.2, 0) is 14.3 Å². The standard InChI is InChI=1S/C12H23NO5/c1-9-3-4-13(11(9)12(15)16)7-10(14)8-18-6-5-17-2/h9-11,14H,3-8H2,1-2H3,(H,15,16). The molecule has 0 radical (unpaired) electrons. The number of carbonyl (C=O) groups is 1. The Balaban J connectivity index is 2.30. The van der Waals surface area contributed by atoms with Crippen molar-refractivity contribution in [2.75, 3.05) is 40.0 Å². The van der Waals surface area contributed by atoms with Crippen molar-refractivity contribution in [3.63, 3.8) is 0 Å². The average molecular weight is 261 g/mol. The molecule has 0 aromatic carbocycles. The number of methoxy groups -OCH3 is 1. The van der Waals surface area contributed by atoms with Gasteiger partial charge in [0, 0.05) is 13.7 Å². The molecule has 106 valence electrons. The molecule has 0 amide bonds. The molecular weight excluding hydrogens is 238 g/mol. The van der Waals surface area contributed by atoms with Gasteiger partial charge in [0.15, 0.2) is 0 Å². The predicted molar refractivity (Wildman–Crippen MR) is 65.5 cm³/mol. The van der Waals surface area contributed by atoms with Gasteiger partial charge < -0.3 is 19.7 Å². The molecule has 1 aliphatic heterocycles. The van der Waals surface area contributed by atoms with E-state index in [-0.39, 0.29) is 12.5 Å². The molecule has 0 aromatic rings. The van der Waals surface area contributed by atoms with E-state index in [9.17, 15) is 9.90 Å². The lowest BCUT2D eigenvalue weighted by Gasteiger charge is -2.25. The van der Waals surface area contributed by atoms with Crippen LogP contribution in [0.4, 0.5) is 0 Å². The van der Waals surface area contributed by atoms with Crippen LogP contribution in [0.25, 0.3) is 0 Å². The molecule has 0 bridgehead atoms. The Bertz CT molecular complexity index is 261. The van der Waals surface area contributed by atoms with Crippen LogP contribution in [-0.4, -0.2) is 73.2 Å². The normalized spacial score (nSPS) is 26.4. The molecule has 1 aliphatic rings. The third-order valence-corrected chi connectivity index (χ3v) is 3.24. The van der Waals surface area contributed by atoms with E-state index < -0.39 is 18.1 Å². The van der Waals surface area contributed by atoms with Gasteiger partial charge in [-0.3, -0.25) is 9.69 Å². The Hall–Kier alpha value is -0.690. The number of aliphatic carboxylic acids is 1. The number of rotatable bonds is 8. The van der Waals surface area contributed by atoms with Crippen LogP contribution < -0.4 is 0 Å². The highest BCUT2D eigenvalue weighted by Crippen LogP contribution is 2.24. The van der Waals surface area contributed by atoms with Gasteiger partial charge in [-0.25, -0.2) is 0 Å². The zero-order valence-electron chi connectivity index (χ0n) is 11.0. The lowest BCUT2D eigenvalue weighted by Crippen LogP contribution is -2.43. The summed E-state index contributed by atoms with van der Waals surface area (Å²) in [4.78, 5) is 12.9. The van der Waals surface area contributed by atoms with Gasteiger partial charge in [-0.2, -0.15) is 0 Å². The third-order valence-electron chi connectivity index (χ3n) is 3.24. The molecule has 1 rings (SSSR count). The number of aliphatic hydroxyl groups is 1. The van der Waals surface area contributed by atoms with Crippen molar-refractivity contribution in [3.05, 3.63) is 0 Å². The van der Waals surface area contributed by atoms with Crippen LogP contribution >= 0.6 is 0 Å². The second-order valence-electron chi connectivity index (χ2n) is 4.77. The van der Waals surface area contributed by atoms with Crippen molar-refractivity contribution < 1.29 is 24.5 Å². The van der Waals surface area contributed by atoms with Crippen molar-refractivity contribution in [3.8, 4) is 0 Å². The Morgan fingerprint density at radius 3 is 2.83 bits per heavy atom. The zero-order valence-corrected chi connectivity index (χ0v) is 11.0. The van der Waals surface area contributed by atoms with E-state index >= 15 is 0 Å². The molecule has 3 unspecified atom stereocenters. The number of nitrogens with zero attached hydrogens (tertiary/aromatic N) is 1. The minimum absolute atomic E-state index is 0.129. The summed E-state index contributed by atoms with van der Waals surface area (Å²) < 4.78 is 10.0. The predicted octanol–water partition coefficient (Wildman–Crippen LogP) is -0.195. The largest absolute Gasteiger partial charge is 0.480 e. The minimum atomic E-state index is -0.812. The van der Waals surface area contributed by atoms with Crippen molar-refractivity contribution in [2.45, 2.75) is 25.5 Å². The fourth-order valence-corrected chi connectivity index (χ4v) is 2.32. The lowest BCUT2D eigenvalue weighted by molar-refractivity contribution is -0.143. The van der Waals surface area contributed by atoms with Crippen LogP contribution in [0.5, 0.6) is 0 Å². The Morgan fingerprint density at radius 2 is 2.22 bits per heavy atom. The smallest absolute Gasteiger partial charge is 0.321 e. The van der Waals surface area contributed by atoms with Gasteiger partial charge in [0.25, 0.3) is 0 Å². The number of carboxylic acids is 1. The highest BCUT2D eigenvalue weighted by atomic mass is 16.5. The molecule has 2 N–H and O–H groups in total. The Morgan fingerprint density at radius 1 is 1.50 bits per heavy atom. The number of ether oxygens (including phenoxy) is 2. The molecule has 1 heterocycles. The van der Waals surface area contributed by atoms with E-state index in [1.807, 2.05) is 11.8 Å². The zero-order chi connectivity index (χ0) is 13.5. The molecule has 18 heavy (non-hydrogen) atoms. The van der Waals surface area contributed by atoms with E-state index in [0.717, 1.165) is 6.42 Å². The summed E-state index contributed by atoms with van der Waals surface area (Å²) in [5.41, 5.74) is 0. The highest BCUT2D eigenvalue weighted by molar-refractivity contribution is 5.74. The first kappa shape index (κ1) is 15.4. The van der Waals surface area contributed by atoms with Gasteiger partial charge in [-0.15, -0.1) is 0 Å². The summed E-state index contributed by atoms with van der Waals surface area (Å²) in [6.07, 6.45) is 0.197. The van der Waals surface area contributed by atoms with Crippen LogP contribution in [0.1, 0.15) is 13.3 Å². The number of aliphatic hydroxyl groups excluding tert-OH is 1. The van der Waals surface area contributed by atoms with Crippen molar-refractivity contribution in [1.82, 2.24) is 4.90 Å². The number of β-amino-alcohol motifs (C(OH)–C–C–N with tert-alkyl or cyclic N) is 1. The number of hydrogen-bond acceptors (Lipinski definition) is 5. The molecule has 6 nitrogen and oxygen atoms in total. The molecule has 0 spiro atoms. The Labute approximate surface area is 107 Å². The van der Waals surface area contributed by atoms with Crippen LogP contribution in [0, 0.1) is 5.92 Å². The SMILES string of the molecule is COCCOCC(O)CN1CCC(C)C1C(=O)O. The average Bonchev–Trinajstić information content (AvgIpc) is 2.66. The summed E-state index contributed by atoms with van der Waals surface area (Å²) >= 11 is 0. The van der Waals surface area contributed by atoms with Gasteiger partial charge >= 0.3 is 5.97 Å². The first-order valence-corrected chi connectivity index (χ1v) is 6.27. The maximum Gasteiger partial charge on any atom is 0.321 e. The molecule has 1 saturated heterocycles. The fourth-order valence-electron chi connectivity index (χ4n) is 2.32. The molecule has 0 aliphatic carbocycles. The highest BCUT2D eigenvalue weighted by Gasteiger charge is 2.37. The van der Waals surface area contributed by atoms with Gasteiger partial charge in [0.2, 0.25) is 0 Å². The van der Waals surface area contributed by atoms with E-state index in [1.165, 1.54) is 0 Å². The van der Waals surface area contributed by atoms with Crippen LogP contribution in [0.3, 0.4) is 0 Å². The summed E-state index contributed by atoms with van der Waals surface area (Å²) in [5, 5.41) is 18.9. The van der Waals surface area contributed by atoms with E-state index in [0.29, 0.717) is 26.3 Å². The maximum atomic E-state index is 11.1. The molecule has 3 atom stereocenters. The quantitative estimate of drug-likeness (QED) is 0.589. The molecule has 0 saturated carbocycles. The molecule has 0 aromatic heterocycles. The summed E-state index contributed by atoms with van der Waals surface area (Å²) in [6, 6.07) is -0.487. The monoisotopic (exact) mass is 261 g/mol. The first-order chi connectivity index (χ1) is 8.56. The fraction of sp³-hybridized carbons (Fsp3) is 0.917. The van der Waals surface area contributed by atoms with Gasteiger partial charge in [0.05, 0.1) is 25.9 Å². The summed E-state index contributed by atoms with van der Waals surface area (Å²) in [5.74, 6) is -0.684. The van der Waals surface area contributed by atoms with Gasteiger partial charge in [-0.1, -0.05) is 6.92 Å². The Kier molecular flexibility index (Phi) is 6.56. The number of carboxylic acid groups (broad SMARTS) is 1. The van der Waals surface area contributed by atoms with E-state index in [2.05, 4.69) is 0 Å². The number of likely N-dealkylation sites (tertiary alicyclic amines) is 1. The third kappa shape index (κ3) is 4.53. The molecule has 6 heteroatoms. The second-order valence-corrected chi connectivity index (χ2v) is 4.77. The topological polar surface area (TPSA) is 79.2 Å². The maximum absolute atomic E-state index is 11.1. The lowest BCUT2D eigenvalue weighted by atomic mass is 10.0. The minimum Gasteiger partial charge on any atom is -0.480 e. The molecule has 1 fully saturated rings. The summed E-state index contributed by atoms with van der Waals surface area (Å²) in [6.45, 7) is 4.12. The second kappa shape index (κ2) is 7.68. The first-order valence-electron chi connectivity index (χ1n) is 6.27. The number of hydrogen-bond donors (Lipinski definition) is 2. The summed E-state index contributed by atoms with van der Waals surface area (Å²) in [7, 11) is 1.59. The molecular formula is C12H23NO5. The van der Waals surface area contributed by atoms with Crippen LogP contribution in [0.15, 0.2) is 0 Å². The van der Waals surface area contributed by atoms with Gasteiger partial charge in [0.1, 0.15) is 6.04 Å². The van der Waals surface area contributed by atoms with Crippen molar-refractivity contribution in [1.29, 1.82) is 0 Å². The van der Waals surface area contributed by atoms with E-state index in [1.54, 1.807) is 7.11 Å². The van der Waals surface area contributed by atoms with Gasteiger partial charge in [-0.05, 0) is 18.9 Å². The van der Waals surface area contributed by atoms with Crippen LogP contribution in [0.2, 0.25) is 0 Å². The van der Waals surface area contributed by atoms with E-state index in [4.69, 9.17) is 14.6 Å². The van der Waals surface area contributed by atoms with Crippen molar-refractivity contribution >= 4 is 5.97 Å².